The molecule has 1 saturated carbocycles. The third-order valence-corrected chi connectivity index (χ3v) is 2.52. The van der Waals surface area contributed by atoms with Gasteiger partial charge in [0.05, 0.1) is 6.20 Å². The van der Waals surface area contributed by atoms with E-state index in [0.29, 0.717) is 12.3 Å². The monoisotopic (exact) mass is 194 g/mol. The van der Waals surface area contributed by atoms with Gasteiger partial charge in [-0.25, -0.2) is 0 Å². The molecule has 2 rings (SSSR count). The average molecular weight is 194 g/mol. The number of carbonyl (C=O) groups excluding carboxylic acids is 1. The van der Waals surface area contributed by atoms with Crippen LogP contribution in [0.25, 0.3) is 0 Å². The van der Waals surface area contributed by atoms with E-state index in [1.54, 1.807) is 11.1 Å². The minimum Gasteiger partial charge on any atom is -0.359 e. The number of carbonyl (C=O) groups is 1. The molecule has 4 nitrogen and oxygen atoms in total. The largest absolute Gasteiger partial charge is 0.359 e. The van der Waals surface area contributed by atoms with Crippen molar-refractivity contribution >= 4 is 11.6 Å². The zero-order chi connectivity index (χ0) is 10.1. The normalized spacial score (nSPS) is 15.6. The van der Waals surface area contributed by atoms with Crippen LogP contribution in [0.4, 0.5) is 5.69 Å². The molecule has 1 aliphatic carbocycles. The molecule has 1 aromatic rings. The molecule has 4 heteroatoms. The summed E-state index contributed by atoms with van der Waals surface area (Å²) in [4.78, 5) is 13.6. The molecule has 1 heterocycles. The lowest BCUT2D eigenvalue weighted by atomic mass is 10.3. The van der Waals surface area contributed by atoms with Crippen molar-refractivity contribution in [2.24, 2.45) is 5.92 Å². The second kappa shape index (κ2) is 3.44. The fraction of sp³-hybridized carbons (Fsp3) is 0.600. The number of aromatic nitrogens is 1. The summed E-state index contributed by atoms with van der Waals surface area (Å²) >= 11 is 0. The van der Waals surface area contributed by atoms with Crippen LogP contribution in [0.3, 0.4) is 0 Å². The second-order valence-corrected chi connectivity index (χ2v) is 3.62. The highest BCUT2D eigenvalue weighted by Crippen LogP contribution is 2.33. The molecule has 0 saturated heterocycles. The summed E-state index contributed by atoms with van der Waals surface area (Å²) in [6.07, 6.45) is 3.67. The van der Waals surface area contributed by atoms with Crippen molar-refractivity contribution in [2.45, 2.75) is 26.7 Å². The highest BCUT2D eigenvalue weighted by molar-refractivity contribution is 5.96. The Labute approximate surface area is 82.9 Å². The van der Waals surface area contributed by atoms with Crippen molar-refractivity contribution in [3.8, 4) is 0 Å². The molecule has 0 radical (unpaired) electrons. The highest BCUT2D eigenvalue weighted by atomic mass is 16.5. The Morgan fingerprint density at radius 2 is 2.43 bits per heavy atom. The molecular formula is C10H14N2O2. The summed E-state index contributed by atoms with van der Waals surface area (Å²) in [6.45, 7) is 4.47. The van der Waals surface area contributed by atoms with E-state index in [-0.39, 0.29) is 11.8 Å². The second-order valence-electron chi connectivity index (χ2n) is 3.62. The zero-order valence-corrected chi connectivity index (χ0v) is 8.49. The molecule has 0 bridgehead atoms. The van der Waals surface area contributed by atoms with Crippen molar-refractivity contribution in [1.29, 1.82) is 0 Å². The van der Waals surface area contributed by atoms with Crippen LogP contribution in [0, 0.1) is 12.8 Å². The van der Waals surface area contributed by atoms with Crippen LogP contribution >= 0.6 is 0 Å². The first-order chi connectivity index (χ1) is 6.74. The van der Waals surface area contributed by atoms with Gasteiger partial charge in [-0.3, -0.25) is 4.79 Å². The van der Waals surface area contributed by atoms with Gasteiger partial charge in [-0.15, -0.1) is 0 Å². The lowest BCUT2D eigenvalue weighted by Crippen LogP contribution is -2.32. The topological polar surface area (TPSA) is 46.3 Å². The standard InChI is InChI=1S/C10H14N2O2/c1-3-12(10(13)8-4-5-8)9-6-11-14-7(9)2/h6,8H,3-5H2,1-2H3. The predicted octanol–water partition coefficient (Wildman–Crippen LogP) is 1.75. The van der Waals surface area contributed by atoms with Crippen molar-refractivity contribution in [3.05, 3.63) is 12.0 Å². The number of hydrogen-bond donors (Lipinski definition) is 0. The first-order valence-corrected chi connectivity index (χ1v) is 4.96. The van der Waals surface area contributed by atoms with Crippen molar-refractivity contribution < 1.29 is 9.32 Å². The molecule has 76 valence electrons. The van der Waals surface area contributed by atoms with Gasteiger partial charge in [-0.05, 0) is 26.7 Å². The van der Waals surface area contributed by atoms with E-state index in [2.05, 4.69) is 5.16 Å². The maximum atomic E-state index is 11.8. The van der Waals surface area contributed by atoms with Crippen molar-refractivity contribution in [1.82, 2.24) is 5.16 Å². The molecule has 1 fully saturated rings. The summed E-state index contributed by atoms with van der Waals surface area (Å²) in [7, 11) is 0. The molecule has 0 unspecified atom stereocenters. The summed E-state index contributed by atoms with van der Waals surface area (Å²) < 4.78 is 4.95. The quantitative estimate of drug-likeness (QED) is 0.736. The molecular weight excluding hydrogens is 180 g/mol. The molecule has 0 aromatic carbocycles. The fourth-order valence-corrected chi connectivity index (χ4v) is 1.55. The van der Waals surface area contributed by atoms with E-state index in [1.807, 2.05) is 13.8 Å². The molecule has 14 heavy (non-hydrogen) atoms. The fourth-order valence-electron chi connectivity index (χ4n) is 1.55. The Bertz CT molecular complexity index is 342. The Morgan fingerprint density at radius 1 is 1.71 bits per heavy atom. The van der Waals surface area contributed by atoms with Crippen LogP contribution in [0.1, 0.15) is 25.5 Å². The number of hydrogen-bond acceptors (Lipinski definition) is 3. The maximum absolute atomic E-state index is 11.8. The van der Waals surface area contributed by atoms with E-state index in [9.17, 15) is 4.79 Å². The van der Waals surface area contributed by atoms with Gasteiger partial charge < -0.3 is 9.42 Å². The average Bonchev–Trinajstić information content (AvgIpc) is 2.94. The molecule has 1 amide bonds. The Kier molecular flexibility index (Phi) is 2.27. The van der Waals surface area contributed by atoms with Crippen molar-refractivity contribution in [2.75, 3.05) is 11.4 Å². The number of aryl methyl sites for hydroxylation is 1. The summed E-state index contributed by atoms with van der Waals surface area (Å²) in [5.74, 6) is 1.16. The van der Waals surface area contributed by atoms with Crippen LogP contribution < -0.4 is 4.90 Å². The molecule has 0 aliphatic heterocycles. The molecule has 0 N–H and O–H groups in total. The van der Waals surface area contributed by atoms with Crippen LogP contribution in [0.15, 0.2) is 10.7 Å². The van der Waals surface area contributed by atoms with E-state index in [1.165, 1.54) is 0 Å². The predicted molar refractivity (Wildman–Crippen MR) is 52.0 cm³/mol. The Hall–Kier alpha value is -1.32. The van der Waals surface area contributed by atoms with Gasteiger partial charge in [-0.2, -0.15) is 0 Å². The zero-order valence-electron chi connectivity index (χ0n) is 8.49. The number of nitrogens with zero attached hydrogens (tertiary/aromatic N) is 2. The van der Waals surface area contributed by atoms with Crippen LogP contribution in [-0.4, -0.2) is 17.6 Å². The lowest BCUT2D eigenvalue weighted by molar-refractivity contribution is -0.119. The molecule has 0 spiro atoms. The summed E-state index contributed by atoms with van der Waals surface area (Å²) in [5.41, 5.74) is 0.810. The van der Waals surface area contributed by atoms with Gasteiger partial charge in [0.25, 0.3) is 0 Å². The summed E-state index contributed by atoms with van der Waals surface area (Å²) in [5, 5.41) is 3.68. The van der Waals surface area contributed by atoms with E-state index < -0.39 is 0 Å². The van der Waals surface area contributed by atoms with Crippen LogP contribution in [-0.2, 0) is 4.79 Å². The Morgan fingerprint density at radius 3 is 2.86 bits per heavy atom. The van der Waals surface area contributed by atoms with Gasteiger partial charge in [0.15, 0.2) is 5.76 Å². The van der Waals surface area contributed by atoms with Crippen LogP contribution in [0.2, 0.25) is 0 Å². The van der Waals surface area contributed by atoms with Gasteiger partial charge in [0, 0.05) is 12.5 Å². The van der Waals surface area contributed by atoms with Gasteiger partial charge in [0.1, 0.15) is 5.69 Å². The van der Waals surface area contributed by atoms with Gasteiger partial charge >= 0.3 is 0 Å². The molecule has 1 aliphatic rings. The van der Waals surface area contributed by atoms with E-state index in [4.69, 9.17) is 4.52 Å². The minimum atomic E-state index is 0.207. The summed E-state index contributed by atoms with van der Waals surface area (Å²) in [6, 6.07) is 0. The lowest BCUT2D eigenvalue weighted by Gasteiger charge is -2.18. The minimum absolute atomic E-state index is 0.207. The van der Waals surface area contributed by atoms with E-state index in [0.717, 1.165) is 18.5 Å². The SMILES string of the molecule is CCN(C(=O)C1CC1)c1cnoc1C. The third kappa shape index (κ3) is 1.52. The molecule has 0 atom stereocenters. The first-order valence-electron chi connectivity index (χ1n) is 4.96. The Balaban J connectivity index is 2.20. The van der Waals surface area contributed by atoms with Gasteiger partial charge in [-0.1, -0.05) is 5.16 Å². The maximum Gasteiger partial charge on any atom is 0.230 e. The van der Waals surface area contributed by atoms with Crippen LogP contribution in [0.5, 0.6) is 0 Å². The smallest absolute Gasteiger partial charge is 0.230 e. The third-order valence-electron chi connectivity index (χ3n) is 2.52. The van der Waals surface area contributed by atoms with Gasteiger partial charge in [0.2, 0.25) is 5.91 Å². The highest BCUT2D eigenvalue weighted by Gasteiger charge is 2.34. The molecule has 1 aromatic heterocycles. The first kappa shape index (κ1) is 9.24. The number of amides is 1. The number of anilines is 1. The van der Waals surface area contributed by atoms with Crippen molar-refractivity contribution in [3.63, 3.8) is 0 Å². The number of rotatable bonds is 3. The van der Waals surface area contributed by atoms with E-state index >= 15 is 0 Å².